The lowest BCUT2D eigenvalue weighted by molar-refractivity contribution is -0.192. The van der Waals surface area contributed by atoms with Crippen LogP contribution in [0.4, 0.5) is 33.3 Å². The third-order valence-corrected chi connectivity index (χ3v) is 12.0. The molecule has 0 saturated carbocycles. The number of halogens is 4. The fourth-order valence-electron chi connectivity index (χ4n) is 6.82. The highest BCUT2D eigenvalue weighted by atomic mass is 32.2. The molecule has 55 heavy (non-hydrogen) atoms. The number of benzene rings is 2. The maximum absolute atomic E-state index is 16.4. The number of alkyl halides is 3. The number of likely N-dealkylation sites (tertiary alicyclic amines) is 1. The van der Waals surface area contributed by atoms with Gasteiger partial charge >= 0.3 is 12.3 Å². The number of hydrogen-bond acceptors (Lipinski definition) is 11. The number of aromatic nitrogens is 2. The van der Waals surface area contributed by atoms with E-state index in [1.807, 2.05) is 4.90 Å². The molecule has 2 aromatic carbocycles. The van der Waals surface area contributed by atoms with E-state index in [1.165, 1.54) is 26.5 Å². The molecule has 2 aliphatic heterocycles. The molecule has 1 saturated heterocycles. The molecule has 6 rings (SSSR count). The number of methoxy groups -OCH3 is 2. The molecule has 0 radical (unpaired) electrons. The highest BCUT2D eigenvalue weighted by molar-refractivity contribution is 7.93. The number of piperidine rings is 1. The number of carbonyl (C=O) groups excluding carboxylic acids is 1. The average molecular weight is 808 g/mol. The second kappa shape index (κ2) is 15.8. The summed E-state index contributed by atoms with van der Waals surface area (Å²) in [5.41, 5.74) is 0.224. The molecular weight excluding hydrogens is 767 g/mol. The summed E-state index contributed by atoms with van der Waals surface area (Å²) in [6.07, 6.45) is -4.09. The molecule has 1 amide bonds. The molecule has 2 aliphatic rings. The summed E-state index contributed by atoms with van der Waals surface area (Å²) in [6, 6.07) is 10.2. The van der Waals surface area contributed by atoms with Gasteiger partial charge in [0.2, 0.25) is 0 Å². The second-order valence-corrected chi connectivity index (χ2v) is 16.8. The van der Waals surface area contributed by atoms with Crippen molar-refractivity contribution in [3.63, 3.8) is 0 Å². The number of anilines is 2. The van der Waals surface area contributed by atoms with Gasteiger partial charge in [-0.2, -0.15) is 13.2 Å². The number of ether oxygens (including phenoxy) is 4. The van der Waals surface area contributed by atoms with Crippen molar-refractivity contribution >= 4 is 38.4 Å². The van der Waals surface area contributed by atoms with Crippen LogP contribution in [-0.2, 0) is 21.3 Å². The highest BCUT2D eigenvalue weighted by Gasteiger charge is 2.47. The molecule has 0 aliphatic carbocycles. The number of rotatable bonds is 10. The van der Waals surface area contributed by atoms with Gasteiger partial charge in [0.1, 0.15) is 39.4 Å². The minimum absolute atomic E-state index is 0.0203. The van der Waals surface area contributed by atoms with Crippen LogP contribution in [0.2, 0.25) is 0 Å². The topological polar surface area (TPSA) is 132 Å². The van der Waals surface area contributed by atoms with Crippen LogP contribution in [0, 0.1) is 11.7 Å². The molecule has 2 aromatic heterocycles. The van der Waals surface area contributed by atoms with E-state index in [-0.39, 0.29) is 61.4 Å². The van der Waals surface area contributed by atoms with E-state index in [2.05, 4.69) is 15.3 Å². The Labute approximate surface area is 320 Å². The molecular formula is C37H41F4N5O7S2. The van der Waals surface area contributed by atoms with Crippen LogP contribution in [0.3, 0.4) is 0 Å². The number of pyridine rings is 1. The van der Waals surface area contributed by atoms with Crippen LogP contribution in [0.1, 0.15) is 68.9 Å². The van der Waals surface area contributed by atoms with Gasteiger partial charge in [0.25, 0.3) is 10.0 Å². The third-order valence-electron chi connectivity index (χ3n) is 9.33. The van der Waals surface area contributed by atoms with Gasteiger partial charge in [-0.15, -0.1) is 11.3 Å². The minimum Gasteiger partial charge on any atom is -0.497 e. The first kappa shape index (κ1) is 40.0. The zero-order valence-electron chi connectivity index (χ0n) is 30.7. The quantitative estimate of drug-likeness (QED) is 0.156. The predicted molar refractivity (Wildman–Crippen MR) is 197 cm³/mol. The molecule has 12 nitrogen and oxygen atoms in total. The number of amides is 1. The lowest BCUT2D eigenvalue weighted by Gasteiger charge is -2.45. The molecule has 0 unspecified atom stereocenters. The Balaban J connectivity index is 1.35. The van der Waals surface area contributed by atoms with Crippen LogP contribution < -0.4 is 23.8 Å². The van der Waals surface area contributed by atoms with Gasteiger partial charge in [-0.05, 0) is 63.9 Å². The summed E-state index contributed by atoms with van der Waals surface area (Å²) in [4.78, 5) is 22.4. The predicted octanol–water partition coefficient (Wildman–Crippen LogP) is 8.28. The maximum atomic E-state index is 16.4. The molecule has 18 heteroatoms. The van der Waals surface area contributed by atoms with Crippen LogP contribution in [-0.4, -0.2) is 68.5 Å². The summed E-state index contributed by atoms with van der Waals surface area (Å²) < 4.78 is 111. The third kappa shape index (κ3) is 8.91. The second-order valence-electron chi connectivity index (χ2n) is 14.1. The van der Waals surface area contributed by atoms with Crippen molar-refractivity contribution in [1.29, 1.82) is 0 Å². The van der Waals surface area contributed by atoms with Gasteiger partial charge in [-0.25, -0.2) is 31.9 Å². The van der Waals surface area contributed by atoms with Crippen molar-refractivity contribution in [3.05, 3.63) is 82.7 Å². The van der Waals surface area contributed by atoms with E-state index in [0.717, 1.165) is 27.8 Å². The maximum Gasteiger partial charge on any atom is 0.413 e. The molecule has 0 bridgehead atoms. The molecule has 0 spiro atoms. The number of fused-ring (bicyclic) bond motifs is 1. The number of sulfonamides is 1. The summed E-state index contributed by atoms with van der Waals surface area (Å²) in [6.45, 7) is 4.88. The van der Waals surface area contributed by atoms with Crippen molar-refractivity contribution in [2.24, 2.45) is 5.92 Å². The van der Waals surface area contributed by atoms with Gasteiger partial charge in [0, 0.05) is 53.8 Å². The Kier molecular flexibility index (Phi) is 11.5. The van der Waals surface area contributed by atoms with Gasteiger partial charge in [0.15, 0.2) is 5.13 Å². The first-order chi connectivity index (χ1) is 26.0. The normalized spacial score (nSPS) is 19.2. The van der Waals surface area contributed by atoms with Gasteiger partial charge < -0.3 is 18.9 Å². The minimum atomic E-state index is -4.63. The lowest BCUT2D eigenvalue weighted by Crippen LogP contribution is -2.44. The first-order valence-electron chi connectivity index (χ1n) is 17.4. The summed E-state index contributed by atoms with van der Waals surface area (Å²) in [7, 11) is -1.71. The number of nitrogens with zero attached hydrogens (tertiary/aromatic N) is 4. The molecule has 4 aromatic rings. The first-order valence-corrected chi connectivity index (χ1v) is 19.7. The van der Waals surface area contributed by atoms with E-state index < -0.39 is 56.6 Å². The van der Waals surface area contributed by atoms with Crippen molar-refractivity contribution in [3.8, 4) is 17.2 Å². The van der Waals surface area contributed by atoms with Crippen LogP contribution >= 0.6 is 11.3 Å². The number of thiazole rings is 1. The van der Waals surface area contributed by atoms with Gasteiger partial charge in [-0.1, -0.05) is 6.07 Å². The fraction of sp³-hybridized carbons (Fsp3) is 0.432. The SMILES string of the molecule is COc1ccc(CN(c2nccs2)S(=O)(=O)c2cc3c(cc2F)[C@@H](N2CC[C@@H](C(F)(F)F)C[C@H]2c2cccc(NC(=O)OC(C)(C)C)n2)CCO3)c(OC)c1. The smallest absolute Gasteiger partial charge is 0.413 e. The Morgan fingerprint density at radius 2 is 1.85 bits per heavy atom. The zero-order chi connectivity index (χ0) is 39.7. The summed E-state index contributed by atoms with van der Waals surface area (Å²) >= 11 is 1.05. The summed E-state index contributed by atoms with van der Waals surface area (Å²) in [5.74, 6) is -1.70. The summed E-state index contributed by atoms with van der Waals surface area (Å²) in [5, 5.41) is 4.22. The van der Waals surface area contributed by atoms with Crippen LogP contribution in [0.5, 0.6) is 17.2 Å². The van der Waals surface area contributed by atoms with E-state index in [0.29, 0.717) is 22.6 Å². The molecule has 296 valence electrons. The van der Waals surface area contributed by atoms with E-state index in [1.54, 1.807) is 56.5 Å². The number of carbonyl (C=O) groups is 1. The van der Waals surface area contributed by atoms with Crippen molar-refractivity contribution in [2.45, 2.75) is 75.3 Å². The van der Waals surface area contributed by atoms with Gasteiger partial charge in [0.05, 0.1) is 45.0 Å². The van der Waals surface area contributed by atoms with E-state index in [4.69, 9.17) is 18.9 Å². The number of nitrogens with one attached hydrogen (secondary N) is 1. The largest absolute Gasteiger partial charge is 0.497 e. The van der Waals surface area contributed by atoms with Crippen LogP contribution in [0.25, 0.3) is 0 Å². The monoisotopic (exact) mass is 807 g/mol. The highest BCUT2D eigenvalue weighted by Crippen LogP contribution is 2.49. The van der Waals surface area contributed by atoms with Crippen molar-refractivity contribution < 1.29 is 49.7 Å². The Hall–Kier alpha value is -4.68. The van der Waals surface area contributed by atoms with Crippen molar-refractivity contribution in [1.82, 2.24) is 14.9 Å². The molecule has 4 heterocycles. The fourth-order valence-corrected chi connectivity index (χ4v) is 9.15. The lowest BCUT2D eigenvalue weighted by atomic mass is 9.85. The zero-order valence-corrected chi connectivity index (χ0v) is 32.4. The Bertz CT molecular complexity index is 2110. The van der Waals surface area contributed by atoms with E-state index in [9.17, 15) is 26.4 Å². The Morgan fingerprint density at radius 1 is 1.07 bits per heavy atom. The van der Waals surface area contributed by atoms with Crippen molar-refractivity contribution in [2.75, 3.05) is 37.0 Å². The molecule has 1 fully saturated rings. The van der Waals surface area contributed by atoms with Crippen LogP contribution in [0.15, 0.2) is 65.0 Å². The average Bonchev–Trinajstić information content (AvgIpc) is 3.66. The molecule has 1 N–H and O–H groups in total. The Morgan fingerprint density at radius 3 is 2.53 bits per heavy atom. The van der Waals surface area contributed by atoms with E-state index >= 15 is 4.39 Å². The van der Waals surface area contributed by atoms with Gasteiger partial charge in [-0.3, -0.25) is 10.2 Å². The number of hydrogen-bond donors (Lipinski definition) is 1. The molecule has 3 atom stereocenters. The standard InChI is InChI=1S/C37H41F4N5O7S2/c1-36(2,3)53-35(47)44-33-8-6-7-27(43-33)29-17-23(37(39,40)41)11-14-45(29)28-12-15-52-31-20-32(26(38)19-25(28)31)55(48,49)46(34-42-13-16-54-34)21-22-9-10-24(50-4)18-30(22)51-5/h6-10,13,16,18-20,23,28-29H,11-12,14-15,17,21H2,1-5H3,(H,43,44,47)/t23-,28+,29+/m1/s1.